The quantitative estimate of drug-likeness (QED) is 0.0199. The number of guanidine groups is 1. The van der Waals surface area contributed by atoms with Crippen LogP contribution >= 0.6 is 11.8 Å². The monoisotopic (exact) mass is 982 g/mol. The van der Waals surface area contributed by atoms with Crippen LogP contribution < -0.4 is 70.8 Å². The minimum absolute atomic E-state index is 0.0332. The van der Waals surface area contributed by atoms with E-state index >= 15 is 0 Å². The number of benzene rings is 2. The predicted octanol–water partition coefficient (Wildman–Crippen LogP) is -4.59. The summed E-state index contributed by atoms with van der Waals surface area (Å²) in [4.78, 5) is 133. The summed E-state index contributed by atoms with van der Waals surface area (Å²) in [5.74, 6) is -6.98. The molecule has 2 rings (SSSR count). The average molecular weight is 983 g/mol. The number of nitrogens with zero attached hydrogens (tertiary/aromatic N) is 1. The SMILES string of the molecule is CSCCC(NC(=O)CNC(=O)C(C)NC(=O)C(C)N)C(=O)NCC(=O)NC(Cc1ccccc1)C(=O)NC(Cc1ccccc1)C(=O)NCC(=O)NC(C)C(=O)NC(CCCN=C(N)N)C(N)=O. The zero-order valence-electron chi connectivity index (χ0n) is 39.1. The maximum atomic E-state index is 14.0. The first-order chi connectivity index (χ1) is 32.7. The van der Waals surface area contributed by atoms with Gasteiger partial charge in [-0.2, -0.15) is 11.8 Å². The summed E-state index contributed by atoms with van der Waals surface area (Å²) in [5, 5.41) is 22.5. The molecule has 17 N–H and O–H groups in total. The number of aliphatic imine (C=N–C) groups is 1. The Morgan fingerprint density at radius 2 is 0.971 bits per heavy atom. The van der Waals surface area contributed by atoms with Crippen LogP contribution in [-0.2, 0) is 60.8 Å². The number of rotatable bonds is 30. The van der Waals surface area contributed by atoms with Crippen LogP contribution in [0.1, 0.15) is 51.2 Å². The Balaban J connectivity index is 2.14. The van der Waals surface area contributed by atoms with E-state index in [4.69, 9.17) is 22.9 Å². The van der Waals surface area contributed by atoms with E-state index in [1.165, 1.54) is 32.5 Å². The lowest BCUT2D eigenvalue weighted by Gasteiger charge is -2.24. The van der Waals surface area contributed by atoms with Crippen molar-refractivity contribution in [3.05, 3.63) is 71.8 Å². The van der Waals surface area contributed by atoms with Crippen molar-refractivity contribution in [3.8, 4) is 0 Å². The number of amides is 10. The van der Waals surface area contributed by atoms with Crippen LogP contribution in [0.15, 0.2) is 65.7 Å². The third kappa shape index (κ3) is 23.3. The minimum Gasteiger partial charge on any atom is -0.370 e. The molecule has 69 heavy (non-hydrogen) atoms. The number of nitrogens with two attached hydrogens (primary N) is 4. The number of carbonyl (C=O) groups is 10. The van der Waals surface area contributed by atoms with Crippen LogP contribution in [0.4, 0.5) is 0 Å². The van der Waals surface area contributed by atoms with Gasteiger partial charge in [-0.3, -0.25) is 52.9 Å². The molecule has 24 nitrogen and oxygen atoms in total. The molecule has 25 heteroatoms. The van der Waals surface area contributed by atoms with Gasteiger partial charge in [-0.25, -0.2) is 0 Å². The molecular formula is C44H66N14O10S. The smallest absolute Gasteiger partial charge is 0.243 e. The number of primary amides is 1. The maximum absolute atomic E-state index is 14.0. The average Bonchev–Trinajstić information content (AvgIpc) is 3.31. The van der Waals surface area contributed by atoms with E-state index in [-0.39, 0.29) is 38.2 Å². The molecule has 2 aromatic rings. The van der Waals surface area contributed by atoms with Crippen molar-refractivity contribution >= 4 is 76.8 Å². The summed E-state index contributed by atoms with van der Waals surface area (Å²) in [6.45, 7) is 2.67. The maximum Gasteiger partial charge on any atom is 0.243 e. The van der Waals surface area contributed by atoms with Crippen molar-refractivity contribution in [3.63, 3.8) is 0 Å². The van der Waals surface area contributed by atoms with Gasteiger partial charge in [0.15, 0.2) is 5.96 Å². The van der Waals surface area contributed by atoms with E-state index in [2.05, 4.69) is 52.8 Å². The van der Waals surface area contributed by atoms with Crippen LogP contribution in [0.3, 0.4) is 0 Å². The van der Waals surface area contributed by atoms with Gasteiger partial charge in [-0.05, 0) is 63.2 Å². The minimum atomic E-state index is -1.28. The molecule has 0 spiro atoms. The fourth-order valence-electron chi connectivity index (χ4n) is 6.14. The van der Waals surface area contributed by atoms with Crippen molar-refractivity contribution in [2.45, 2.75) is 95.2 Å². The highest BCUT2D eigenvalue weighted by molar-refractivity contribution is 7.98. The highest BCUT2D eigenvalue weighted by Gasteiger charge is 2.30. The first kappa shape index (κ1) is 57.8. The Bertz CT molecular complexity index is 2090. The van der Waals surface area contributed by atoms with E-state index < -0.39 is 121 Å². The molecule has 0 aliphatic heterocycles. The molecule has 7 atom stereocenters. The summed E-state index contributed by atoms with van der Waals surface area (Å²) >= 11 is 1.40. The predicted molar refractivity (Wildman–Crippen MR) is 258 cm³/mol. The van der Waals surface area contributed by atoms with Gasteiger partial charge in [-0.15, -0.1) is 0 Å². The summed E-state index contributed by atoms with van der Waals surface area (Å²) in [7, 11) is 0. The molecule has 10 amide bonds. The molecule has 0 radical (unpaired) electrons. The van der Waals surface area contributed by atoms with Crippen molar-refractivity contribution in [2.75, 3.05) is 38.2 Å². The van der Waals surface area contributed by atoms with Crippen molar-refractivity contribution in [1.29, 1.82) is 0 Å². The molecule has 378 valence electrons. The van der Waals surface area contributed by atoms with Gasteiger partial charge in [0.05, 0.1) is 25.7 Å². The van der Waals surface area contributed by atoms with Crippen LogP contribution in [0.2, 0.25) is 0 Å². The van der Waals surface area contributed by atoms with Crippen molar-refractivity contribution in [2.24, 2.45) is 27.9 Å². The number of thioether (sulfide) groups is 1. The number of nitrogens with one attached hydrogen (secondary N) is 9. The van der Waals surface area contributed by atoms with Crippen LogP contribution in [0.25, 0.3) is 0 Å². The molecule has 0 heterocycles. The third-order valence-corrected chi connectivity index (χ3v) is 10.6. The molecule has 0 aromatic heterocycles. The standard InChI is InChI=1S/C44H66N14O10S/c1-25(45)38(63)54-26(2)39(64)50-23-35(60)55-31(17-19-69-4)41(66)51-24-36(61)56-33(21-29-14-9-6-10-15-29)43(68)58-32(20-28-12-7-5-8-13-28)42(67)52-22-34(59)53-27(3)40(65)57-30(37(46)62)16-11-18-49-44(47)48/h5-10,12-15,25-27,30-33H,11,16-24,45H2,1-4H3,(H2,46,62)(H,50,64)(H,51,66)(H,52,67)(H,53,59)(H,54,63)(H,55,60)(H,56,61)(H,57,65)(H,58,68)(H4,47,48,49). The summed E-state index contributed by atoms with van der Waals surface area (Å²) in [5.41, 5.74) is 22.9. The number of hydrogen-bond donors (Lipinski definition) is 13. The Morgan fingerprint density at radius 3 is 1.46 bits per heavy atom. The van der Waals surface area contributed by atoms with Crippen LogP contribution in [0, 0.1) is 0 Å². The highest BCUT2D eigenvalue weighted by atomic mass is 32.2. The normalized spacial score (nSPS) is 13.7. The van der Waals surface area contributed by atoms with Gasteiger partial charge in [0.2, 0.25) is 59.1 Å². The molecule has 0 saturated carbocycles. The second-order valence-electron chi connectivity index (χ2n) is 15.8. The third-order valence-electron chi connectivity index (χ3n) is 9.92. The van der Waals surface area contributed by atoms with E-state index in [0.717, 1.165) is 0 Å². The molecule has 7 unspecified atom stereocenters. The summed E-state index contributed by atoms with van der Waals surface area (Å²) < 4.78 is 0. The second kappa shape index (κ2) is 30.9. The number of hydrogen-bond acceptors (Lipinski definition) is 13. The first-order valence-electron chi connectivity index (χ1n) is 22.0. The first-order valence-corrected chi connectivity index (χ1v) is 23.4. The van der Waals surface area contributed by atoms with Crippen molar-refractivity contribution in [1.82, 2.24) is 47.9 Å². The molecule has 0 aliphatic carbocycles. The molecule has 2 aromatic carbocycles. The zero-order chi connectivity index (χ0) is 51.5. The fraction of sp³-hybridized carbons (Fsp3) is 0.477. The van der Waals surface area contributed by atoms with Crippen LogP contribution in [-0.4, -0.2) is 146 Å². The van der Waals surface area contributed by atoms with Gasteiger partial charge in [0, 0.05) is 19.4 Å². The summed E-state index contributed by atoms with van der Waals surface area (Å²) in [6.07, 6.45) is 2.34. The van der Waals surface area contributed by atoms with Gasteiger partial charge in [0.25, 0.3) is 0 Å². The van der Waals surface area contributed by atoms with Gasteiger partial charge in [0.1, 0.15) is 36.3 Å². The molecule has 0 saturated heterocycles. The molecule has 0 bridgehead atoms. The lowest BCUT2D eigenvalue weighted by Crippen LogP contribution is -2.57. The molecule has 0 fully saturated rings. The Kier molecular flexibility index (Phi) is 25.9. The Morgan fingerprint density at radius 1 is 0.522 bits per heavy atom. The second-order valence-corrected chi connectivity index (χ2v) is 16.8. The lowest BCUT2D eigenvalue weighted by atomic mass is 10.0. The van der Waals surface area contributed by atoms with Gasteiger partial charge >= 0.3 is 0 Å². The fourth-order valence-corrected chi connectivity index (χ4v) is 6.61. The number of carbonyl (C=O) groups excluding carboxylic acids is 10. The van der Waals surface area contributed by atoms with E-state index in [1.54, 1.807) is 66.9 Å². The lowest BCUT2D eigenvalue weighted by molar-refractivity contribution is -0.133. The summed E-state index contributed by atoms with van der Waals surface area (Å²) in [6, 6.07) is 9.61. The Hall–Kier alpha value is -7.28. The van der Waals surface area contributed by atoms with E-state index in [1.807, 2.05) is 0 Å². The van der Waals surface area contributed by atoms with E-state index in [0.29, 0.717) is 23.3 Å². The molecule has 0 aliphatic rings. The van der Waals surface area contributed by atoms with Crippen molar-refractivity contribution < 1.29 is 47.9 Å². The largest absolute Gasteiger partial charge is 0.370 e. The molecular weight excluding hydrogens is 917 g/mol. The van der Waals surface area contributed by atoms with E-state index in [9.17, 15) is 47.9 Å². The van der Waals surface area contributed by atoms with Gasteiger partial charge in [-0.1, -0.05) is 60.7 Å². The Labute approximate surface area is 404 Å². The topological polar surface area (TPSA) is 395 Å². The van der Waals surface area contributed by atoms with Gasteiger partial charge < -0.3 is 70.8 Å². The van der Waals surface area contributed by atoms with Crippen LogP contribution in [0.5, 0.6) is 0 Å². The highest BCUT2D eigenvalue weighted by Crippen LogP contribution is 2.08. The zero-order valence-corrected chi connectivity index (χ0v) is 39.9.